The summed E-state index contributed by atoms with van der Waals surface area (Å²) in [5.74, 6) is -0.601. The van der Waals surface area contributed by atoms with Crippen molar-refractivity contribution in [3.8, 4) is 0 Å². The van der Waals surface area contributed by atoms with Gasteiger partial charge in [0.05, 0.1) is 11.9 Å². The zero-order valence-corrected chi connectivity index (χ0v) is 13.7. The number of esters is 1. The Morgan fingerprint density at radius 3 is 2.83 bits per heavy atom. The lowest BCUT2D eigenvalue weighted by Crippen LogP contribution is -2.10. The highest BCUT2D eigenvalue weighted by Gasteiger charge is 2.12. The first-order valence-electron chi connectivity index (χ1n) is 6.71. The van der Waals surface area contributed by atoms with E-state index in [1.165, 1.54) is 18.5 Å². The molecule has 0 aliphatic heterocycles. The minimum atomic E-state index is -0.601. The second kappa shape index (κ2) is 6.29. The van der Waals surface area contributed by atoms with E-state index in [9.17, 15) is 9.59 Å². The van der Waals surface area contributed by atoms with Gasteiger partial charge < -0.3 is 9.15 Å². The molecule has 3 aromatic rings. The first-order valence-corrected chi connectivity index (χ1v) is 7.50. The fourth-order valence-corrected chi connectivity index (χ4v) is 2.38. The van der Waals surface area contributed by atoms with Crippen LogP contribution >= 0.6 is 15.9 Å². The van der Waals surface area contributed by atoms with Crippen molar-refractivity contribution < 1.29 is 13.9 Å². The van der Waals surface area contributed by atoms with Crippen molar-refractivity contribution in [1.29, 1.82) is 0 Å². The van der Waals surface area contributed by atoms with Gasteiger partial charge in [-0.05, 0) is 25.1 Å². The molecule has 0 radical (unpaired) electrons. The normalized spacial score (nSPS) is 10.7. The molecule has 0 aliphatic carbocycles. The van der Waals surface area contributed by atoms with E-state index in [0.717, 1.165) is 4.47 Å². The SMILES string of the molecule is Cc1cnc(C(=O)OCc2cc(=O)oc3cc(Br)ccc23)cn1. The van der Waals surface area contributed by atoms with Crippen molar-refractivity contribution in [3.05, 3.63) is 68.5 Å². The predicted molar refractivity (Wildman–Crippen MR) is 86.1 cm³/mol. The molecule has 0 fully saturated rings. The molecule has 0 atom stereocenters. The summed E-state index contributed by atoms with van der Waals surface area (Å²) in [5.41, 5.74) is 1.31. The van der Waals surface area contributed by atoms with Gasteiger partial charge in [0.2, 0.25) is 0 Å². The molecular weight excluding hydrogens is 364 g/mol. The number of carbonyl (C=O) groups excluding carboxylic acids is 1. The molecule has 7 heteroatoms. The second-order valence-electron chi connectivity index (χ2n) is 4.85. The number of rotatable bonds is 3. The fourth-order valence-electron chi connectivity index (χ4n) is 2.04. The van der Waals surface area contributed by atoms with Gasteiger partial charge in [0, 0.05) is 27.7 Å². The molecule has 3 rings (SSSR count). The summed E-state index contributed by atoms with van der Waals surface area (Å²) in [6.45, 7) is 1.72. The van der Waals surface area contributed by atoms with Crippen molar-refractivity contribution in [2.24, 2.45) is 0 Å². The van der Waals surface area contributed by atoms with E-state index in [1.54, 1.807) is 19.1 Å². The van der Waals surface area contributed by atoms with Crippen molar-refractivity contribution in [1.82, 2.24) is 9.97 Å². The highest BCUT2D eigenvalue weighted by molar-refractivity contribution is 9.10. The average Bonchev–Trinajstić information content (AvgIpc) is 2.52. The van der Waals surface area contributed by atoms with E-state index in [1.807, 2.05) is 6.07 Å². The van der Waals surface area contributed by atoms with Crippen LogP contribution < -0.4 is 5.63 Å². The zero-order chi connectivity index (χ0) is 16.4. The summed E-state index contributed by atoms with van der Waals surface area (Å²) >= 11 is 3.32. The Labute approximate surface area is 139 Å². The number of aryl methyl sites for hydroxylation is 1. The summed E-state index contributed by atoms with van der Waals surface area (Å²) in [5, 5.41) is 0.704. The molecule has 1 aromatic carbocycles. The minimum absolute atomic E-state index is 0.0574. The van der Waals surface area contributed by atoms with Gasteiger partial charge in [-0.25, -0.2) is 14.6 Å². The minimum Gasteiger partial charge on any atom is -0.456 e. The molecule has 0 saturated heterocycles. The standard InChI is InChI=1S/C16H11BrN2O4/c1-9-6-19-13(7-18-9)16(21)22-8-10-4-15(20)23-14-5-11(17)2-3-12(10)14/h2-7H,8H2,1H3. The molecular formula is C16H11BrN2O4. The number of fused-ring (bicyclic) bond motifs is 1. The summed E-state index contributed by atoms with van der Waals surface area (Å²) < 4.78 is 11.1. The van der Waals surface area contributed by atoms with Gasteiger partial charge in [0.25, 0.3) is 0 Å². The smallest absolute Gasteiger partial charge is 0.358 e. The summed E-state index contributed by atoms with van der Waals surface area (Å²) in [6.07, 6.45) is 2.84. The topological polar surface area (TPSA) is 82.3 Å². The van der Waals surface area contributed by atoms with Crippen LogP contribution in [0.1, 0.15) is 21.7 Å². The number of ether oxygens (including phenoxy) is 1. The zero-order valence-electron chi connectivity index (χ0n) is 12.1. The third kappa shape index (κ3) is 3.45. The van der Waals surface area contributed by atoms with Crippen LogP contribution in [0.15, 0.2) is 50.3 Å². The lowest BCUT2D eigenvalue weighted by atomic mass is 10.1. The second-order valence-corrected chi connectivity index (χ2v) is 5.77. The van der Waals surface area contributed by atoms with Gasteiger partial charge in [-0.1, -0.05) is 15.9 Å². The van der Waals surface area contributed by atoms with Gasteiger partial charge in [0.15, 0.2) is 5.69 Å². The molecule has 0 unspecified atom stereocenters. The van der Waals surface area contributed by atoms with Crippen molar-refractivity contribution in [2.75, 3.05) is 0 Å². The number of halogens is 1. The molecule has 0 spiro atoms. The quantitative estimate of drug-likeness (QED) is 0.517. The number of hydrogen-bond donors (Lipinski definition) is 0. The summed E-state index contributed by atoms with van der Waals surface area (Å²) in [7, 11) is 0. The monoisotopic (exact) mass is 374 g/mol. The van der Waals surface area contributed by atoms with Crippen LogP contribution in [0.2, 0.25) is 0 Å². The molecule has 116 valence electrons. The van der Waals surface area contributed by atoms with Crippen LogP contribution in [-0.2, 0) is 11.3 Å². The Morgan fingerprint density at radius 1 is 1.26 bits per heavy atom. The van der Waals surface area contributed by atoms with Crippen LogP contribution in [0.5, 0.6) is 0 Å². The fraction of sp³-hybridized carbons (Fsp3) is 0.125. The van der Waals surface area contributed by atoms with Crippen LogP contribution in [0.3, 0.4) is 0 Å². The van der Waals surface area contributed by atoms with Gasteiger partial charge in [0.1, 0.15) is 12.2 Å². The number of benzene rings is 1. The molecule has 0 N–H and O–H groups in total. The van der Waals surface area contributed by atoms with Gasteiger partial charge in [-0.2, -0.15) is 0 Å². The van der Waals surface area contributed by atoms with Crippen LogP contribution in [0.4, 0.5) is 0 Å². The van der Waals surface area contributed by atoms with E-state index in [4.69, 9.17) is 9.15 Å². The molecule has 23 heavy (non-hydrogen) atoms. The van der Waals surface area contributed by atoms with E-state index in [-0.39, 0.29) is 12.3 Å². The first kappa shape index (κ1) is 15.4. The Balaban J connectivity index is 1.85. The van der Waals surface area contributed by atoms with Gasteiger partial charge >= 0.3 is 11.6 Å². The molecule has 6 nitrogen and oxygen atoms in total. The van der Waals surface area contributed by atoms with Crippen LogP contribution in [0, 0.1) is 6.92 Å². The maximum absolute atomic E-state index is 12.0. The summed E-state index contributed by atoms with van der Waals surface area (Å²) in [6, 6.07) is 6.61. The van der Waals surface area contributed by atoms with E-state index in [0.29, 0.717) is 22.2 Å². The Morgan fingerprint density at radius 2 is 2.09 bits per heavy atom. The number of carbonyl (C=O) groups is 1. The van der Waals surface area contributed by atoms with Crippen molar-refractivity contribution in [2.45, 2.75) is 13.5 Å². The molecule has 0 saturated carbocycles. The lowest BCUT2D eigenvalue weighted by molar-refractivity contribution is 0.0466. The highest BCUT2D eigenvalue weighted by atomic mass is 79.9. The van der Waals surface area contributed by atoms with Crippen molar-refractivity contribution >= 4 is 32.9 Å². The maximum atomic E-state index is 12.0. The maximum Gasteiger partial charge on any atom is 0.358 e. The van der Waals surface area contributed by atoms with E-state index >= 15 is 0 Å². The molecule has 0 aliphatic rings. The number of nitrogens with zero attached hydrogens (tertiary/aromatic N) is 2. The Kier molecular flexibility index (Phi) is 4.20. The Bertz CT molecular complexity index is 935. The van der Waals surface area contributed by atoms with Gasteiger partial charge in [-0.3, -0.25) is 4.98 Å². The number of aromatic nitrogens is 2. The third-order valence-corrected chi connectivity index (χ3v) is 3.63. The predicted octanol–water partition coefficient (Wildman–Crippen LogP) is 3.01. The van der Waals surface area contributed by atoms with Crippen LogP contribution in [-0.4, -0.2) is 15.9 Å². The first-order chi connectivity index (χ1) is 11.0. The Hall–Kier alpha value is -2.54. The number of hydrogen-bond acceptors (Lipinski definition) is 6. The molecule has 2 heterocycles. The summed E-state index contributed by atoms with van der Waals surface area (Å²) in [4.78, 5) is 31.5. The molecule has 0 amide bonds. The largest absolute Gasteiger partial charge is 0.456 e. The van der Waals surface area contributed by atoms with Crippen molar-refractivity contribution in [3.63, 3.8) is 0 Å². The van der Waals surface area contributed by atoms with E-state index in [2.05, 4.69) is 25.9 Å². The average molecular weight is 375 g/mol. The van der Waals surface area contributed by atoms with Gasteiger partial charge in [-0.15, -0.1) is 0 Å². The molecule has 2 aromatic heterocycles. The highest BCUT2D eigenvalue weighted by Crippen LogP contribution is 2.22. The third-order valence-electron chi connectivity index (χ3n) is 3.14. The lowest BCUT2D eigenvalue weighted by Gasteiger charge is -2.07. The molecule has 0 bridgehead atoms. The van der Waals surface area contributed by atoms with Crippen LogP contribution in [0.25, 0.3) is 11.0 Å². The van der Waals surface area contributed by atoms with E-state index < -0.39 is 11.6 Å².